The third kappa shape index (κ3) is 5.24. The summed E-state index contributed by atoms with van der Waals surface area (Å²) in [7, 11) is 3.90. The second-order valence-corrected chi connectivity index (χ2v) is 8.57. The molecule has 0 aromatic carbocycles. The third-order valence-electron chi connectivity index (χ3n) is 6.24. The summed E-state index contributed by atoms with van der Waals surface area (Å²) in [4.78, 5) is 9.71. The second-order valence-electron chi connectivity index (χ2n) is 8.57. The van der Waals surface area contributed by atoms with Gasteiger partial charge in [0.25, 0.3) is 0 Å². The number of likely N-dealkylation sites (tertiary alicyclic amines) is 2. The molecule has 6 nitrogen and oxygen atoms in total. The van der Waals surface area contributed by atoms with Gasteiger partial charge < -0.3 is 10.2 Å². The van der Waals surface area contributed by atoms with Crippen LogP contribution in [0.25, 0.3) is 0 Å². The molecule has 1 aromatic heterocycles. The molecule has 0 spiro atoms. The van der Waals surface area contributed by atoms with E-state index in [0.29, 0.717) is 17.9 Å². The van der Waals surface area contributed by atoms with Crippen LogP contribution >= 0.6 is 0 Å². The van der Waals surface area contributed by atoms with Gasteiger partial charge in [-0.05, 0) is 43.8 Å². The van der Waals surface area contributed by atoms with Crippen molar-refractivity contribution in [1.29, 1.82) is 0 Å². The van der Waals surface area contributed by atoms with Crippen LogP contribution < -0.4 is 5.32 Å². The van der Waals surface area contributed by atoms with Gasteiger partial charge in [-0.3, -0.25) is 14.6 Å². The van der Waals surface area contributed by atoms with Crippen molar-refractivity contribution >= 4 is 5.96 Å². The standard InChI is InChI=1S/C21H38N6/c1-17(2)20(26-10-7-5-6-8-11-26)14-23-21(22-3)27-12-9-18(16-27)19-13-24-25(4)15-19/h13,15,17-18,20H,5-12,14,16H2,1-4H3,(H,22,23). The Morgan fingerprint density at radius 2 is 1.96 bits per heavy atom. The van der Waals surface area contributed by atoms with Gasteiger partial charge in [0.1, 0.15) is 0 Å². The molecule has 6 heteroatoms. The van der Waals surface area contributed by atoms with Crippen molar-refractivity contribution in [1.82, 2.24) is 24.9 Å². The number of aliphatic imine (C=N–C) groups is 1. The molecule has 3 rings (SSSR count). The molecule has 1 N–H and O–H groups in total. The maximum atomic E-state index is 4.59. The van der Waals surface area contributed by atoms with Gasteiger partial charge in [0, 0.05) is 51.9 Å². The topological polar surface area (TPSA) is 48.7 Å². The van der Waals surface area contributed by atoms with Gasteiger partial charge >= 0.3 is 0 Å². The number of aromatic nitrogens is 2. The number of hydrogen-bond donors (Lipinski definition) is 1. The van der Waals surface area contributed by atoms with Crippen LogP contribution in [0.3, 0.4) is 0 Å². The monoisotopic (exact) mass is 374 g/mol. The number of aryl methyl sites for hydroxylation is 1. The predicted molar refractivity (Wildman–Crippen MR) is 112 cm³/mol. The van der Waals surface area contributed by atoms with Gasteiger partial charge in [-0.15, -0.1) is 0 Å². The van der Waals surface area contributed by atoms with E-state index in [4.69, 9.17) is 0 Å². The minimum absolute atomic E-state index is 0.559. The van der Waals surface area contributed by atoms with Gasteiger partial charge in [-0.1, -0.05) is 26.7 Å². The van der Waals surface area contributed by atoms with E-state index in [-0.39, 0.29) is 0 Å². The fraction of sp³-hybridized carbons (Fsp3) is 0.810. The van der Waals surface area contributed by atoms with Crippen LogP contribution in [0.2, 0.25) is 0 Å². The first-order valence-corrected chi connectivity index (χ1v) is 10.8. The molecule has 0 amide bonds. The van der Waals surface area contributed by atoms with E-state index in [9.17, 15) is 0 Å². The Bertz CT molecular complexity index is 600. The molecule has 0 aliphatic carbocycles. The van der Waals surface area contributed by atoms with E-state index in [1.165, 1.54) is 50.8 Å². The number of hydrogen-bond acceptors (Lipinski definition) is 3. The lowest BCUT2D eigenvalue weighted by atomic mass is 10.0. The third-order valence-corrected chi connectivity index (χ3v) is 6.24. The molecule has 0 saturated carbocycles. The smallest absolute Gasteiger partial charge is 0.193 e. The number of rotatable bonds is 5. The molecule has 2 aliphatic heterocycles. The highest BCUT2D eigenvalue weighted by atomic mass is 15.3. The zero-order valence-corrected chi connectivity index (χ0v) is 17.7. The Labute approximate surface area is 165 Å². The summed E-state index contributed by atoms with van der Waals surface area (Å²) >= 11 is 0. The molecule has 2 unspecified atom stereocenters. The molecule has 3 heterocycles. The van der Waals surface area contributed by atoms with Gasteiger partial charge in [-0.25, -0.2) is 0 Å². The zero-order valence-electron chi connectivity index (χ0n) is 17.7. The highest BCUT2D eigenvalue weighted by Crippen LogP contribution is 2.26. The first-order chi connectivity index (χ1) is 13.1. The maximum Gasteiger partial charge on any atom is 0.193 e. The molecule has 1 aromatic rings. The van der Waals surface area contributed by atoms with Crippen LogP contribution in [0.5, 0.6) is 0 Å². The average Bonchev–Trinajstić information content (AvgIpc) is 3.21. The molecular formula is C21H38N6. The van der Waals surface area contributed by atoms with E-state index in [0.717, 1.165) is 25.6 Å². The quantitative estimate of drug-likeness (QED) is 0.636. The maximum absolute atomic E-state index is 4.59. The molecule has 0 radical (unpaired) electrons. The highest BCUT2D eigenvalue weighted by molar-refractivity contribution is 5.80. The summed E-state index contributed by atoms with van der Waals surface area (Å²) in [6.07, 6.45) is 10.8. The average molecular weight is 375 g/mol. The van der Waals surface area contributed by atoms with Crippen molar-refractivity contribution in [3.63, 3.8) is 0 Å². The van der Waals surface area contributed by atoms with E-state index >= 15 is 0 Å². The summed E-state index contributed by atoms with van der Waals surface area (Å²) in [6, 6.07) is 0.580. The molecule has 2 aliphatic rings. The lowest BCUT2D eigenvalue weighted by Crippen LogP contribution is -2.50. The van der Waals surface area contributed by atoms with E-state index in [1.807, 2.05) is 25.0 Å². The number of nitrogens with zero attached hydrogens (tertiary/aromatic N) is 5. The fourth-order valence-corrected chi connectivity index (χ4v) is 4.62. The van der Waals surface area contributed by atoms with Crippen molar-refractivity contribution in [2.45, 2.75) is 57.9 Å². The SMILES string of the molecule is CN=C(NCC(C(C)C)N1CCCCCC1)N1CCC(c2cnn(C)c2)C1. The summed E-state index contributed by atoms with van der Waals surface area (Å²) in [5, 5.41) is 8.04. The molecular weight excluding hydrogens is 336 g/mol. The van der Waals surface area contributed by atoms with Crippen molar-refractivity contribution in [2.24, 2.45) is 18.0 Å². The zero-order chi connectivity index (χ0) is 19.2. The Kier molecular flexibility index (Phi) is 7.16. The minimum Gasteiger partial charge on any atom is -0.355 e. The lowest BCUT2D eigenvalue weighted by Gasteiger charge is -2.35. The largest absolute Gasteiger partial charge is 0.355 e. The Balaban J connectivity index is 1.56. The van der Waals surface area contributed by atoms with Crippen molar-refractivity contribution in [2.75, 3.05) is 39.8 Å². The lowest BCUT2D eigenvalue weighted by molar-refractivity contribution is 0.160. The van der Waals surface area contributed by atoms with Gasteiger partial charge in [0.2, 0.25) is 0 Å². The number of nitrogens with one attached hydrogen (secondary N) is 1. The van der Waals surface area contributed by atoms with Crippen LogP contribution in [-0.2, 0) is 7.05 Å². The van der Waals surface area contributed by atoms with Gasteiger partial charge in [0.15, 0.2) is 5.96 Å². The van der Waals surface area contributed by atoms with E-state index < -0.39 is 0 Å². The number of guanidine groups is 1. The first kappa shape index (κ1) is 20.2. The molecule has 2 saturated heterocycles. The van der Waals surface area contributed by atoms with E-state index in [2.05, 4.69) is 45.3 Å². The molecule has 27 heavy (non-hydrogen) atoms. The van der Waals surface area contributed by atoms with Crippen LogP contribution in [-0.4, -0.2) is 71.4 Å². The van der Waals surface area contributed by atoms with E-state index in [1.54, 1.807) is 0 Å². The van der Waals surface area contributed by atoms with Crippen LogP contribution in [0, 0.1) is 5.92 Å². The van der Waals surface area contributed by atoms with Gasteiger partial charge in [-0.2, -0.15) is 5.10 Å². The molecule has 2 fully saturated rings. The van der Waals surface area contributed by atoms with Crippen molar-refractivity contribution in [3.8, 4) is 0 Å². The first-order valence-electron chi connectivity index (χ1n) is 10.8. The molecule has 152 valence electrons. The Hall–Kier alpha value is -1.56. The summed E-state index contributed by atoms with van der Waals surface area (Å²) < 4.78 is 1.90. The highest BCUT2D eigenvalue weighted by Gasteiger charge is 2.28. The predicted octanol–water partition coefficient (Wildman–Crippen LogP) is 2.69. The Morgan fingerprint density at radius 1 is 1.22 bits per heavy atom. The Morgan fingerprint density at radius 3 is 2.56 bits per heavy atom. The summed E-state index contributed by atoms with van der Waals surface area (Å²) in [6.45, 7) is 10.3. The fourth-order valence-electron chi connectivity index (χ4n) is 4.62. The van der Waals surface area contributed by atoms with Crippen molar-refractivity contribution in [3.05, 3.63) is 18.0 Å². The van der Waals surface area contributed by atoms with Crippen molar-refractivity contribution < 1.29 is 0 Å². The van der Waals surface area contributed by atoms with Crippen LogP contribution in [0.4, 0.5) is 0 Å². The summed E-state index contributed by atoms with van der Waals surface area (Å²) in [5.74, 6) is 2.26. The minimum atomic E-state index is 0.559. The van der Waals surface area contributed by atoms with Gasteiger partial charge in [0.05, 0.1) is 6.20 Å². The molecule has 0 bridgehead atoms. The second kappa shape index (κ2) is 9.58. The van der Waals surface area contributed by atoms with Crippen LogP contribution in [0.15, 0.2) is 17.4 Å². The normalized spacial score (nSPS) is 23.7. The summed E-state index contributed by atoms with van der Waals surface area (Å²) in [5.41, 5.74) is 1.35. The molecule has 2 atom stereocenters. The van der Waals surface area contributed by atoms with Crippen LogP contribution in [0.1, 0.15) is 57.4 Å².